The van der Waals surface area contributed by atoms with E-state index in [0.29, 0.717) is 26.0 Å². The van der Waals surface area contributed by atoms with Crippen molar-refractivity contribution in [1.82, 2.24) is 20.0 Å². The summed E-state index contributed by atoms with van der Waals surface area (Å²) in [7, 11) is 1.72. The SMILES string of the molecule is C=CCNC(=O)C(=O)[C@@H]1CCCCCCCOC[C@H](CC(=O)C[C@H](CN2C(=O)CN(C)CC2=O)C(C)(C)C)C(=O)N2C[C@H]3[C@@H]([C@H]2C(=O)C1)C3(C)C. The van der Waals surface area contributed by atoms with Gasteiger partial charge in [-0.2, -0.15) is 0 Å². The maximum Gasteiger partial charge on any atom is 0.287 e. The van der Waals surface area contributed by atoms with Gasteiger partial charge in [0.05, 0.1) is 31.7 Å². The molecule has 51 heavy (non-hydrogen) atoms. The van der Waals surface area contributed by atoms with Crippen molar-refractivity contribution in [3.63, 3.8) is 0 Å². The molecule has 1 N–H and O–H groups in total. The van der Waals surface area contributed by atoms with Gasteiger partial charge < -0.3 is 15.0 Å². The Kier molecular flexibility index (Phi) is 13.5. The highest BCUT2D eigenvalue weighted by Crippen LogP contribution is 2.65. The highest BCUT2D eigenvalue weighted by atomic mass is 16.5. The lowest BCUT2D eigenvalue weighted by molar-refractivity contribution is -0.152. The normalized spacial score (nSPS) is 28.9. The highest BCUT2D eigenvalue weighted by molar-refractivity contribution is 6.37. The van der Waals surface area contributed by atoms with Gasteiger partial charge in [0.2, 0.25) is 23.5 Å². The van der Waals surface area contributed by atoms with E-state index in [1.807, 2.05) is 20.8 Å². The Hall–Kier alpha value is -3.25. The minimum atomic E-state index is -0.809. The number of amides is 4. The summed E-state index contributed by atoms with van der Waals surface area (Å²) in [6.45, 7) is 15.1. The summed E-state index contributed by atoms with van der Waals surface area (Å²) in [4.78, 5) is 98.6. The van der Waals surface area contributed by atoms with Gasteiger partial charge in [-0.15, -0.1) is 6.58 Å². The molecule has 0 spiro atoms. The van der Waals surface area contributed by atoms with Crippen LogP contribution >= 0.6 is 0 Å². The van der Waals surface area contributed by atoms with Gasteiger partial charge in [-0.1, -0.05) is 66.4 Å². The number of likely N-dealkylation sites (N-methyl/N-ethyl adjacent to an activating group) is 1. The van der Waals surface area contributed by atoms with Gasteiger partial charge in [-0.3, -0.25) is 43.4 Å². The molecule has 4 aliphatic rings. The van der Waals surface area contributed by atoms with Crippen molar-refractivity contribution in [2.75, 3.05) is 53.0 Å². The fourth-order valence-corrected chi connectivity index (χ4v) is 8.34. The summed E-state index contributed by atoms with van der Waals surface area (Å²) in [5.74, 6) is -4.46. The first kappa shape index (κ1) is 40.5. The number of imide groups is 1. The summed E-state index contributed by atoms with van der Waals surface area (Å²) in [5, 5.41) is 2.56. The zero-order chi connectivity index (χ0) is 37.7. The lowest BCUT2D eigenvalue weighted by Crippen LogP contribution is -2.54. The smallest absolute Gasteiger partial charge is 0.287 e. The first-order valence-electron chi connectivity index (χ1n) is 18.8. The van der Waals surface area contributed by atoms with Crippen LogP contribution < -0.4 is 5.32 Å². The maximum absolute atomic E-state index is 14.4. The molecule has 0 unspecified atom stereocenters. The third-order valence-corrected chi connectivity index (χ3v) is 11.8. The average Bonchev–Trinajstić information content (AvgIpc) is 3.35. The van der Waals surface area contributed by atoms with Crippen molar-refractivity contribution in [2.24, 2.45) is 40.4 Å². The van der Waals surface area contributed by atoms with Crippen LogP contribution in [-0.2, 0) is 38.3 Å². The molecule has 3 saturated heterocycles. The number of carbonyl (C=O) groups excluding carboxylic acids is 7. The average molecular weight is 713 g/mol. The third-order valence-electron chi connectivity index (χ3n) is 11.8. The number of nitrogens with zero attached hydrogens (tertiary/aromatic N) is 3. The van der Waals surface area contributed by atoms with E-state index < -0.39 is 35.0 Å². The molecule has 1 aliphatic carbocycles. The lowest BCUT2D eigenvalue weighted by atomic mass is 9.76. The molecule has 3 aliphatic heterocycles. The fraction of sp³-hybridized carbons (Fsp3) is 0.769. The number of rotatable bonds is 10. The summed E-state index contributed by atoms with van der Waals surface area (Å²) in [6.07, 6.45) is 5.93. The minimum absolute atomic E-state index is 0.0426. The first-order valence-corrected chi connectivity index (χ1v) is 18.8. The van der Waals surface area contributed by atoms with Gasteiger partial charge in [-0.05, 0) is 48.5 Å². The number of hydrogen-bond acceptors (Lipinski definition) is 9. The summed E-state index contributed by atoms with van der Waals surface area (Å²) < 4.78 is 6.03. The van der Waals surface area contributed by atoms with E-state index >= 15 is 0 Å². The Morgan fingerprint density at radius 1 is 1.02 bits per heavy atom. The number of hydrogen-bond donors (Lipinski definition) is 1. The molecule has 0 aromatic heterocycles. The number of ketones is 3. The number of Topliss-reactive ketones (excluding diaryl/α,β-unsaturated/α-hetero) is 3. The van der Waals surface area contributed by atoms with Crippen molar-refractivity contribution in [2.45, 2.75) is 98.4 Å². The van der Waals surface area contributed by atoms with Crippen LogP contribution in [0.15, 0.2) is 12.7 Å². The van der Waals surface area contributed by atoms with Crippen LogP contribution in [0, 0.1) is 40.4 Å². The van der Waals surface area contributed by atoms with Gasteiger partial charge in [0.1, 0.15) is 5.78 Å². The fourth-order valence-electron chi connectivity index (χ4n) is 8.34. The zero-order valence-electron chi connectivity index (χ0n) is 31.7. The Balaban J connectivity index is 1.55. The van der Waals surface area contributed by atoms with Crippen LogP contribution in [0.25, 0.3) is 0 Å². The van der Waals surface area contributed by atoms with Crippen molar-refractivity contribution in [1.29, 1.82) is 0 Å². The topological polar surface area (TPSA) is 150 Å². The van der Waals surface area contributed by atoms with Gasteiger partial charge in [0.15, 0.2) is 5.78 Å². The molecule has 0 radical (unpaired) electrons. The third kappa shape index (κ3) is 10.0. The molecule has 3 heterocycles. The minimum Gasteiger partial charge on any atom is -0.381 e. The number of fused-ring (bicyclic) bond motifs is 3. The van der Waals surface area contributed by atoms with Crippen molar-refractivity contribution in [3.8, 4) is 0 Å². The Bertz CT molecular complexity index is 1350. The molecule has 1 saturated carbocycles. The quantitative estimate of drug-likeness (QED) is 0.205. The van der Waals surface area contributed by atoms with Crippen LogP contribution in [-0.4, -0.2) is 115 Å². The number of piperidine rings is 1. The molecular weight excluding hydrogens is 652 g/mol. The molecular formula is C39H60N4O8. The van der Waals surface area contributed by atoms with Crippen LogP contribution in [0.1, 0.15) is 92.4 Å². The lowest BCUT2D eigenvalue weighted by Gasteiger charge is -2.37. The second-order valence-electron chi connectivity index (χ2n) is 17.0. The summed E-state index contributed by atoms with van der Waals surface area (Å²) in [5.41, 5.74) is -0.560. The van der Waals surface area contributed by atoms with Gasteiger partial charge >= 0.3 is 0 Å². The van der Waals surface area contributed by atoms with E-state index in [1.54, 1.807) is 16.8 Å². The predicted molar refractivity (Wildman–Crippen MR) is 191 cm³/mol. The molecule has 6 atom stereocenters. The molecule has 0 aromatic rings. The Morgan fingerprint density at radius 3 is 2.31 bits per heavy atom. The van der Waals surface area contributed by atoms with Crippen LogP contribution in [0.5, 0.6) is 0 Å². The van der Waals surface area contributed by atoms with Crippen LogP contribution in [0.2, 0.25) is 0 Å². The van der Waals surface area contributed by atoms with Gasteiger partial charge in [0, 0.05) is 51.4 Å². The molecule has 4 fully saturated rings. The van der Waals surface area contributed by atoms with Gasteiger partial charge in [-0.25, -0.2) is 0 Å². The van der Waals surface area contributed by atoms with E-state index in [1.165, 1.54) is 11.0 Å². The number of piperazine rings is 1. The largest absolute Gasteiger partial charge is 0.381 e. The van der Waals surface area contributed by atoms with E-state index in [4.69, 9.17) is 4.74 Å². The van der Waals surface area contributed by atoms with Crippen molar-refractivity contribution in [3.05, 3.63) is 12.7 Å². The summed E-state index contributed by atoms with van der Waals surface area (Å²) in [6, 6.07) is -0.744. The number of ether oxygens (including phenoxy) is 1. The van der Waals surface area contributed by atoms with Crippen LogP contribution in [0.3, 0.4) is 0 Å². The highest BCUT2D eigenvalue weighted by Gasteiger charge is 2.69. The standard InChI is InChI=1S/C39H60N4O8/c1-8-15-40-36(49)35(48)25-14-12-10-9-11-13-16-51-24-26(37(50)43-21-29-33(39(29,5)6)34(43)30(45)18-25)17-28(44)19-27(38(2,3)4)20-42-31(46)22-41(7)23-32(42)47/h8,25-27,29,33-34H,1,9-24H2,2-7H3,(H,40,49)/t25-,26+,27-,29+,33+,34-/m1/s1. The first-order chi connectivity index (χ1) is 24.0. The molecule has 284 valence electrons. The maximum atomic E-state index is 14.4. The second kappa shape index (κ2) is 17.1. The van der Waals surface area contributed by atoms with E-state index in [-0.39, 0.29) is 105 Å². The van der Waals surface area contributed by atoms with Crippen LogP contribution in [0.4, 0.5) is 0 Å². The van der Waals surface area contributed by atoms with Crippen molar-refractivity contribution >= 4 is 41.0 Å². The molecule has 12 nitrogen and oxygen atoms in total. The van der Waals surface area contributed by atoms with Gasteiger partial charge in [0.25, 0.3) is 5.91 Å². The second-order valence-corrected chi connectivity index (χ2v) is 17.0. The number of carbonyl (C=O) groups is 7. The molecule has 4 rings (SSSR count). The van der Waals surface area contributed by atoms with E-state index in [2.05, 4.69) is 25.7 Å². The monoisotopic (exact) mass is 712 g/mol. The predicted octanol–water partition coefficient (Wildman–Crippen LogP) is 3.22. The Labute approximate surface area is 303 Å². The molecule has 4 amide bonds. The molecule has 0 aromatic carbocycles. The van der Waals surface area contributed by atoms with E-state index in [0.717, 1.165) is 25.7 Å². The Morgan fingerprint density at radius 2 is 1.67 bits per heavy atom. The van der Waals surface area contributed by atoms with E-state index in [9.17, 15) is 33.6 Å². The summed E-state index contributed by atoms with van der Waals surface area (Å²) >= 11 is 0. The zero-order valence-corrected chi connectivity index (χ0v) is 31.7. The molecule has 12 heteroatoms. The van der Waals surface area contributed by atoms with Crippen molar-refractivity contribution < 1.29 is 38.3 Å². The molecule has 0 bridgehead atoms. The number of nitrogens with one attached hydrogen (secondary N) is 1.